The van der Waals surface area contributed by atoms with Crippen molar-refractivity contribution in [1.82, 2.24) is 9.78 Å². The molecule has 0 atom stereocenters. The Labute approximate surface area is 108 Å². The summed E-state index contributed by atoms with van der Waals surface area (Å²) in [4.78, 5) is 0. The summed E-state index contributed by atoms with van der Waals surface area (Å²) < 4.78 is 7.52. The molecule has 2 aromatic rings. The number of nitrogens with one attached hydrogen (secondary N) is 1. The van der Waals surface area contributed by atoms with Crippen molar-refractivity contribution < 1.29 is 4.42 Å². The number of nitrogens with zero attached hydrogens (tertiary/aromatic N) is 2. The summed E-state index contributed by atoms with van der Waals surface area (Å²) >= 11 is 0. The molecule has 4 nitrogen and oxygen atoms in total. The van der Waals surface area contributed by atoms with Crippen LogP contribution in [0.25, 0.3) is 0 Å². The highest BCUT2D eigenvalue weighted by molar-refractivity contribution is 5.47. The molecule has 0 aliphatic heterocycles. The van der Waals surface area contributed by atoms with E-state index in [9.17, 15) is 0 Å². The molecule has 2 rings (SSSR count). The molecule has 0 fully saturated rings. The first-order valence-electron chi connectivity index (χ1n) is 6.45. The predicted octanol–water partition coefficient (Wildman–Crippen LogP) is 3.31. The van der Waals surface area contributed by atoms with E-state index in [-0.39, 0.29) is 0 Å². The minimum atomic E-state index is 0.413. The van der Waals surface area contributed by atoms with Crippen molar-refractivity contribution in [3.8, 4) is 0 Å². The van der Waals surface area contributed by atoms with Gasteiger partial charge in [0, 0.05) is 19.7 Å². The number of anilines is 1. The quantitative estimate of drug-likeness (QED) is 0.881. The molecule has 4 heteroatoms. The number of rotatable bonds is 5. The molecule has 98 valence electrons. The summed E-state index contributed by atoms with van der Waals surface area (Å²) in [6.07, 6.45) is 2.95. The van der Waals surface area contributed by atoms with E-state index in [2.05, 4.69) is 31.2 Å². The lowest BCUT2D eigenvalue weighted by molar-refractivity contribution is 0.476. The van der Waals surface area contributed by atoms with Crippen LogP contribution < -0.4 is 5.32 Å². The third-order valence-corrected chi connectivity index (χ3v) is 2.92. The van der Waals surface area contributed by atoms with Gasteiger partial charge in [0.25, 0.3) is 0 Å². The third-order valence-electron chi connectivity index (χ3n) is 2.92. The minimum Gasteiger partial charge on any atom is -0.464 e. The van der Waals surface area contributed by atoms with Crippen molar-refractivity contribution in [3.05, 3.63) is 35.5 Å². The van der Waals surface area contributed by atoms with E-state index >= 15 is 0 Å². The average Bonchev–Trinajstić information content (AvgIpc) is 2.92. The molecule has 0 bridgehead atoms. The zero-order valence-electron chi connectivity index (χ0n) is 11.5. The Bertz CT molecular complexity index is 511. The molecule has 0 radical (unpaired) electrons. The topological polar surface area (TPSA) is 43.0 Å². The van der Waals surface area contributed by atoms with Gasteiger partial charge in [-0.05, 0) is 18.1 Å². The van der Waals surface area contributed by atoms with E-state index in [4.69, 9.17) is 4.42 Å². The second-order valence-corrected chi connectivity index (χ2v) is 4.83. The van der Waals surface area contributed by atoms with Crippen molar-refractivity contribution in [2.75, 3.05) is 5.32 Å². The Kier molecular flexibility index (Phi) is 3.75. The molecular weight excluding hydrogens is 226 g/mol. The van der Waals surface area contributed by atoms with E-state index < -0.39 is 0 Å². The van der Waals surface area contributed by atoms with Gasteiger partial charge < -0.3 is 9.73 Å². The van der Waals surface area contributed by atoms with Crippen LogP contribution in [0.2, 0.25) is 0 Å². The van der Waals surface area contributed by atoms with Gasteiger partial charge in [-0.2, -0.15) is 5.10 Å². The van der Waals surface area contributed by atoms with Crippen LogP contribution >= 0.6 is 0 Å². The maximum absolute atomic E-state index is 5.67. The SMILES string of the molecule is CCc1ccc(CNc2cn(C)nc2C(C)C)o1. The maximum atomic E-state index is 5.67. The van der Waals surface area contributed by atoms with Crippen LogP contribution in [0.5, 0.6) is 0 Å². The van der Waals surface area contributed by atoms with Gasteiger partial charge in [0.1, 0.15) is 11.5 Å². The van der Waals surface area contributed by atoms with E-state index in [1.54, 1.807) is 0 Å². The summed E-state index contributed by atoms with van der Waals surface area (Å²) in [6, 6.07) is 4.06. The Hall–Kier alpha value is -1.71. The molecule has 0 amide bonds. The van der Waals surface area contributed by atoms with E-state index in [0.717, 1.165) is 29.3 Å². The number of hydrogen-bond donors (Lipinski definition) is 1. The van der Waals surface area contributed by atoms with Crippen LogP contribution in [0.4, 0.5) is 5.69 Å². The highest BCUT2D eigenvalue weighted by Crippen LogP contribution is 2.22. The molecular formula is C14H21N3O. The molecule has 0 aliphatic carbocycles. The first-order valence-corrected chi connectivity index (χ1v) is 6.45. The van der Waals surface area contributed by atoms with Crippen molar-refractivity contribution >= 4 is 5.69 Å². The first kappa shape index (κ1) is 12.7. The van der Waals surface area contributed by atoms with Gasteiger partial charge in [-0.25, -0.2) is 0 Å². The van der Waals surface area contributed by atoms with Crippen LogP contribution in [0.3, 0.4) is 0 Å². The van der Waals surface area contributed by atoms with Crippen LogP contribution in [-0.4, -0.2) is 9.78 Å². The lowest BCUT2D eigenvalue weighted by Gasteiger charge is -2.06. The van der Waals surface area contributed by atoms with Crippen molar-refractivity contribution in [1.29, 1.82) is 0 Å². The Balaban J connectivity index is 2.05. The number of furan rings is 1. The number of hydrogen-bond acceptors (Lipinski definition) is 3. The normalized spacial score (nSPS) is 11.2. The second kappa shape index (κ2) is 5.29. The highest BCUT2D eigenvalue weighted by atomic mass is 16.3. The molecule has 18 heavy (non-hydrogen) atoms. The molecule has 0 saturated carbocycles. The van der Waals surface area contributed by atoms with Gasteiger partial charge in [-0.15, -0.1) is 0 Å². The minimum absolute atomic E-state index is 0.413. The van der Waals surface area contributed by atoms with Crippen LogP contribution in [0, 0.1) is 0 Å². The van der Waals surface area contributed by atoms with Crippen LogP contribution in [0.15, 0.2) is 22.7 Å². The average molecular weight is 247 g/mol. The summed E-state index contributed by atoms with van der Waals surface area (Å²) in [5.74, 6) is 2.41. The first-order chi connectivity index (χ1) is 8.60. The molecule has 0 aromatic carbocycles. The standard InChI is InChI=1S/C14H21N3O/c1-5-11-6-7-12(18-11)8-15-13-9-17(4)16-14(13)10(2)3/h6-7,9-10,15H,5,8H2,1-4H3. The lowest BCUT2D eigenvalue weighted by Crippen LogP contribution is -2.01. The van der Waals surface area contributed by atoms with Gasteiger partial charge >= 0.3 is 0 Å². The fraction of sp³-hybridized carbons (Fsp3) is 0.500. The monoisotopic (exact) mass is 247 g/mol. The van der Waals surface area contributed by atoms with Gasteiger partial charge in [0.15, 0.2) is 0 Å². The molecule has 0 spiro atoms. The zero-order chi connectivity index (χ0) is 13.1. The second-order valence-electron chi connectivity index (χ2n) is 4.83. The van der Waals surface area contributed by atoms with E-state index in [1.807, 2.05) is 30.1 Å². The largest absolute Gasteiger partial charge is 0.464 e. The summed E-state index contributed by atoms with van der Waals surface area (Å²) in [5, 5.41) is 7.86. The van der Waals surface area contributed by atoms with Crippen molar-refractivity contribution in [3.63, 3.8) is 0 Å². The molecule has 0 unspecified atom stereocenters. The van der Waals surface area contributed by atoms with E-state index in [0.29, 0.717) is 12.5 Å². The van der Waals surface area contributed by atoms with E-state index in [1.165, 1.54) is 0 Å². The Morgan fingerprint density at radius 1 is 1.33 bits per heavy atom. The smallest absolute Gasteiger partial charge is 0.123 e. The van der Waals surface area contributed by atoms with Gasteiger partial charge in [-0.3, -0.25) is 4.68 Å². The molecule has 0 saturated heterocycles. The third kappa shape index (κ3) is 2.75. The highest BCUT2D eigenvalue weighted by Gasteiger charge is 2.11. The fourth-order valence-corrected chi connectivity index (χ4v) is 1.96. The molecule has 2 heterocycles. The number of aryl methyl sites for hydroxylation is 2. The summed E-state index contributed by atoms with van der Waals surface area (Å²) in [6.45, 7) is 7.09. The number of aromatic nitrogens is 2. The predicted molar refractivity (Wildman–Crippen MR) is 72.7 cm³/mol. The fourth-order valence-electron chi connectivity index (χ4n) is 1.96. The van der Waals surface area contributed by atoms with Gasteiger partial charge in [-0.1, -0.05) is 20.8 Å². The van der Waals surface area contributed by atoms with Crippen LogP contribution in [0.1, 0.15) is 43.9 Å². The molecule has 0 aliphatic rings. The zero-order valence-corrected chi connectivity index (χ0v) is 11.5. The van der Waals surface area contributed by atoms with Crippen molar-refractivity contribution in [2.45, 2.75) is 39.7 Å². The van der Waals surface area contributed by atoms with Gasteiger partial charge in [0.2, 0.25) is 0 Å². The lowest BCUT2D eigenvalue weighted by atomic mass is 10.1. The molecule has 2 aromatic heterocycles. The summed E-state index contributed by atoms with van der Waals surface area (Å²) in [7, 11) is 1.94. The van der Waals surface area contributed by atoms with Gasteiger partial charge in [0.05, 0.1) is 17.9 Å². The Morgan fingerprint density at radius 2 is 2.06 bits per heavy atom. The summed E-state index contributed by atoms with van der Waals surface area (Å²) in [5.41, 5.74) is 2.18. The Morgan fingerprint density at radius 3 is 2.67 bits per heavy atom. The maximum Gasteiger partial charge on any atom is 0.123 e. The van der Waals surface area contributed by atoms with Crippen molar-refractivity contribution in [2.24, 2.45) is 7.05 Å². The molecule has 1 N–H and O–H groups in total. The van der Waals surface area contributed by atoms with Crippen LogP contribution in [-0.2, 0) is 20.0 Å².